The number of carbonyl (C=O) groups is 1. The number of carbonyl (C=O) groups excluding carboxylic acids is 1. The van der Waals surface area contributed by atoms with Crippen LogP contribution < -0.4 is 19.5 Å². The highest BCUT2D eigenvalue weighted by molar-refractivity contribution is 6.02. The minimum absolute atomic E-state index is 0.284. The van der Waals surface area contributed by atoms with E-state index in [1.807, 2.05) is 19.1 Å². The largest absolute Gasteiger partial charge is 0.494 e. The number of amides is 1. The minimum Gasteiger partial charge on any atom is -0.494 e. The molecule has 0 saturated heterocycles. The first-order chi connectivity index (χ1) is 14.5. The van der Waals surface area contributed by atoms with Gasteiger partial charge in [-0.2, -0.15) is 4.68 Å². The van der Waals surface area contributed by atoms with Gasteiger partial charge in [-0.3, -0.25) is 4.79 Å². The number of anilines is 1. The molecule has 0 spiro atoms. The number of aryl methyl sites for hydroxylation is 1. The van der Waals surface area contributed by atoms with E-state index < -0.39 is 0 Å². The molecule has 156 valence electrons. The summed E-state index contributed by atoms with van der Waals surface area (Å²) in [5, 5.41) is 14.3. The van der Waals surface area contributed by atoms with Crippen LogP contribution in [0.15, 0.2) is 42.5 Å². The highest BCUT2D eigenvalue weighted by Crippen LogP contribution is 2.29. The van der Waals surface area contributed by atoms with Gasteiger partial charge in [0.15, 0.2) is 17.3 Å². The molecule has 1 aromatic heterocycles. The molecule has 0 aliphatic rings. The molecule has 9 nitrogen and oxygen atoms in total. The number of tetrazole rings is 1. The lowest BCUT2D eigenvalue weighted by atomic mass is 10.2. The van der Waals surface area contributed by atoms with Crippen LogP contribution in [0.25, 0.3) is 11.8 Å². The molecular formula is C21H23N5O4. The van der Waals surface area contributed by atoms with Crippen molar-refractivity contribution in [1.82, 2.24) is 20.2 Å². The molecule has 0 aliphatic carbocycles. The second-order valence-corrected chi connectivity index (χ2v) is 6.19. The zero-order valence-electron chi connectivity index (χ0n) is 17.2. The fraction of sp³-hybridized carbons (Fsp3) is 0.238. The Morgan fingerprint density at radius 1 is 1.10 bits per heavy atom. The van der Waals surface area contributed by atoms with Crippen molar-refractivity contribution in [2.75, 3.05) is 26.1 Å². The van der Waals surface area contributed by atoms with Gasteiger partial charge in [-0.05, 0) is 66.2 Å². The number of aromatic nitrogens is 4. The Balaban J connectivity index is 1.76. The number of ether oxygens (including phenoxy) is 3. The quantitative estimate of drug-likeness (QED) is 0.571. The second kappa shape index (κ2) is 9.55. The highest BCUT2D eigenvalue weighted by atomic mass is 16.5. The molecule has 0 radical (unpaired) electrons. The number of benzene rings is 2. The van der Waals surface area contributed by atoms with E-state index in [0.717, 1.165) is 5.56 Å². The van der Waals surface area contributed by atoms with Gasteiger partial charge in [0.25, 0.3) is 0 Å². The third-order valence-electron chi connectivity index (χ3n) is 4.21. The van der Waals surface area contributed by atoms with Crippen LogP contribution in [0.5, 0.6) is 17.2 Å². The second-order valence-electron chi connectivity index (χ2n) is 6.19. The van der Waals surface area contributed by atoms with Crippen molar-refractivity contribution in [3.8, 4) is 22.9 Å². The van der Waals surface area contributed by atoms with Crippen LogP contribution in [-0.2, 0) is 4.79 Å². The van der Waals surface area contributed by atoms with Crippen LogP contribution >= 0.6 is 0 Å². The molecule has 0 unspecified atom stereocenters. The number of hydrogen-bond donors (Lipinski definition) is 1. The molecule has 1 N–H and O–H groups in total. The summed E-state index contributed by atoms with van der Waals surface area (Å²) in [6, 6.07) is 10.7. The zero-order chi connectivity index (χ0) is 21.5. The predicted octanol–water partition coefficient (Wildman–Crippen LogP) is 3.04. The number of nitrogens with one attached hydrogen (secondary N) is 1. The van der Waals surface area contributed by atoms with E-state index in [2.05, 4.69) is 20.8 Å². The van der Waals surface area contributed by atoms with Crippen LogP contribution in [-0.4, -0.2) is 46.9 Å². The summed E-state index contributed by atoms with van der Waals surface area (Å²) >= 11 is 0. The van der Waals surface area contributed by atoms with Crippen molar-refractivity contribution in [3.63, 3.8) is 0 Å². The van der Waals surface area contributed by atoms with Gasteiger partial charge >= 0.3 is 0 Å². The van der Waals surface area contributed by atoms with E-state index in [9.17, 15) is 4.79 Å². The molecular weight excluding hydrogens is 386 g/mol. The summed E-state index contributed by atoms with van der Waals surface area (Å²) in [5.74, 6) is 2.16. The third-order valence-corrected chi connectivity index (χ3v) is 4.21. The molecule has 0 saturated carbocycles. The third kappa shape index (κ3) is 4.75. The average molecular weight is 409 g/mol. The van der Waals surface area contributed by atoms with Gasteiger partial charge in [-0.25, -0.2) is 0 Å². The molecule has 9 heteroatoms. The first-order valence-electron chi connectivity index (χ1n) is 9.29. The maximum Gasteiger partial charge on any atom is 0.248 e. The van der Waals surface area contributed by atoms with Gasteiger partial charge in [-0.15, -0.1) is 5.10 Å². The smallest absolute Gasteiger partial charge is 0.248 e. The Hall–Kier alpha value is -3.88. The first-order valence-corrected chi connectivity index (χ1v) is 9.29. The molecule has 0 aliphatic heterocycles. The van der Waals surface area contributed by atoms with Crippen molar-refractivity contribution < 1.29 is 19.0 Å². The van der Waals surface area contributed by atoms with Crippen molar-refractivity contribution in [2.24, 2.45) is 0 Å². The van der Waals surface area contributed by atoms with Crippen molar-refractivity contribution in [3.05, 3.63) is 53.9 Å². The molecule has 0 atom stereocenters. The Bertz CT molecular complexity index is 1060. The number of rotatable bonds is 8. The lowest BCUT2D eigenvalue weighted by Gasteiger charge is -2.11. The van der Waals surface area contributed by atoms with Gasteiger partial charge < -0.3 is 19.5 Å². The Morgan fingerprint density at radius 3 is 2.53 bits per heavy atom. The van der Waals surface area contributed by atoms with Crippen molar-refractivity contribution in [2.45, 2.75) is 13.8 Å². The van der Waals surface area contributed by atoms with Gasteiger partial charge in [-0.1, -0.05) is 6.07 Å². The Labute approximate surface area is 174 Å². The van der Waals surface area contributed by atoms with Gasteiger partial charge in [0.2, 0.25) is 5.91 Å². The number of hydrogen-bond acceptors (Lipinski definition) is 7. The summed E-state index contributed by atoms with van der Waals surface area (Å²) < 4.78 is 17.7. The van der Waals surface area contributed by atoms with E-state index in [-0.39, 0.29) is 5.91 Å². The molecule has 1 amide bonds. The molecule has 0 fully saturated rings. The predicted molar refractivity (Wildman–Crippen MR) is 112 cm³/mol. The summed E-state index contributed by atoms with van der Waals surface area (Å²) in [7, 11) is 3.14. The van der Waals surface area contributed by atoms with E-state index in [0.29, 0.717) is 41.1 Å². The van der Waals surface area contributed by atoms with E-state index in [1.165, 1.54) is 10.8 Å². The van der Waals surface area contributed by atoms with Gasteiger partial charge in [0.05, 0.1) is 20.8 Å². The molecule has 30 heavy (non-hydrogen) atoms. The molecule has 0 bridgehead atoms. The maximum absolute atomic E-state index is 12.4. The summed E-state index contributed by atoms with van der Waals surface area (Å²) in [6.07, 6.45) is 3.15. The topological polar surface area (TPSA) is 100 Å². The normalized spacial score (nSPS) is 10.8. The molecule has 2 aromatic carbocycles. The van der Waals surface area contributed by atoms with Crippen molar-refractivity contribution >= 4 is 17.7 Å². The van der Waals surface area contributed by atoms with Crippen LogP contribution in [0.3, 0.4) is 0 Å². The molecule has 3 aromatic rings. The lowest BCUT2D eigenvalue weighted by Crippen LogP contribution is -2.09. The van der Waals surface area contributed by atoms with Gasteiger partial charge in [0.1, 0.15) is 11.4 Å². The van der Waals surface area contributed by atoms with E-state index in [1.54, 1.807) is 51.5 Å². The average Bonchev–Trinajstić information content (AvgIpc) is 3.18. The lowest BCUT2D eigenvalue weighted by molar-refractivity contribution is -0.111. The van der Waals surface area contributed by atoms with Crippen LogP contribution in [0.1, 0.15) is 18.3 Å². The van der Waals surface area contributed by atoms with E-state index >= 15 is 0 Å². The Morgan fingerprint density at radius 2 is 1.87 bits per heavy atom. The number of methoxy groups -OCH3 is 2. The Kier molecular flexibility index (Phi) is 6.63. The molecule has 1 heterocycles. The molecule has 3 rings (SSSR count). The minimum atomic E-state index is -0.284. The van der Waals surface area contributed by atoms with Crippen LogP contribution in [0, 0.1) is 6.92 Å². The van der Waals surface area contributed by atoms with Crippen molar-refractivity contribution in [1.29, 1.82) is 0 Å². The summed E-state index contributed by atoms with van der Waals surface area (Å²) in [5.41, 5.74) is 2.02. The van der Waals surface area contributed by atoms with Crippen LogP contribution in [0.4, 0.5) is 5.69 Å². The fourth-order valence-electron chi connectivity index (χ4n) is 2.81. The SMILES string of the molecule is CCOc1cc(/C=C/C(=O)Nc2ccc(OC)c(-n3nnnc3C)c2)ccc1OC. The summed E-state index contributed by atoms with van der Waals surface area (Å²) in [4.78, 5) is 12.4. The van der Waals surface area contributed by atoms with Gasteiger partial charge in [0, 0.05) is 11.8 Å². The standard InChI is InChI=1S/C21H23N5O4/c1-5-30-20-12-15(6-9-19(20)29-4)7-11-21(27)22-16-8-10-18(28-3)17(13-16)26-14(2)23-24-25-26/h6-13H,5H2,1-4H3,(H,22,27)/b11-7+. The first kappa shape index (κ1) is 20.8. The number of nitrogens with zero attached hydrogens (tertiary/aromatic N) is 4. The monoisotopic (exact) mass is 409 g/mol. The van der Waals surface area contributed by atoms with Crippen LogP contribution in [0.2, 0.25) is 0 Å². The maximum atomic E-state index is 12.4. The van der Waals surface area contributed by atoms with E-state index in [4.69, 9.17) is 14.2 Å². The highest BCUT2D eigenvalue weighted by Gasteiger charge is 2.12. The fourth-order valence-corrected chi connectivity index (χ4v) is 2.81. The zero-order valence-corrected chi connectivity index (χ0v) is 17.2. The summed E-state index contributed by atoms with van der Waals surface area (Å²) in [6.45, 7) is 4.19.